The van der Waals surface area contributed by atoms with Crippen LogP contribution in [0.1, 0.15) is 25.6 Å². The Bertz CT molecular complexity index is 857. The number of hydrogen-bond donors (Lipinski definition) is 2. The summed E-state index contributed by atoms with van der Waals surface area (Å²) in [4.78, 5) is 36.4. The molecule has 0 atom stereocenters. The molecule has 0 saturated heterocycles. The first kappa shape index (κ1) is 20.3. The summed E-state index contributed by atoms with van der Waals surface area (Å²) in [6.07, 6.45) is 3.01. The molecule has 9 heteroatoms. The first-order valence-corrected chi connectivity index (χ1v) is 8.87. The average molecular weight is 404 g/mol. The van der Waals surface area contributed by atoms with Gasteiger partial charge in [0.05, 0.1) is 25.3 Å². The van der Waals surface area contributed by atoms with Gasteiger partial charge >= 0.3 is 11.9 Å². The van der Waals surface area contributed by atoms with E-state index in [0.717, 1.165) is 4.88 Å². The van der Waals surface area contributed by atoms with E-state index in [1.54, 1.807) is 6.08 Å². The lowest BCUT2D eigenvalue weighted by molar-refractivity contribution is -0.115. The Morgan fingerprint density at radius 2 is 1.70 bits per heavy atom. The van der Waals surface area contributed by atoms with Crippen molar-refractivity contribution in [3.05, 3.63) is 57.8 Å². The molecule has 0 aliphatic carbocycles. The minimum atomic E-state index is -0.627. The molecule has 2 aromatic rings. The Kier molecular flexibility index (Phi) is 7.21. The van der Waals surface area contributed by atoms with E-state index in [0.29, 0.717) is 5.69 Å². The van der Waals surface area contributed by atoms with Crippen molar-refractivity contribution in [1.82, 2.24) is 5.32 Å². The minimum Gasteiger partial charge on any atom is -0.465 e. The van der Waals surface area contributed by atoms with Crippen LogP contribution in [0, 0.1) is 0 Å². The summed E-state index contributed by atoms with van der Waals surface area (Å²) < 4.78 is 9.33. The molecule has 1 aromatic heterocycles. The summed E-state index contributed by atoms with van der Waals surface area (Å²) in [6.45, 7) is 0. The van der Waals surface area contributed by atoms with Crippen molar-refractivity contribution in [2.24, 2.45) is 0 Å². The van der Waals surface area contributed by atoms with Crippen LogP contribution in [0.5, 0.6) is 0 Å². The number of esters is 2. The van der Waals surface area contributed by atoms with Gasteiger partial charge in [0.15, 0.2) is 5.11 Å². The number of nitrogens with one attached hydrogen (secondary N) is 2. The van der Waals surface area contributed by atoms with Gasteiger partial charge in [-0.05, 0) is 47.9 Å². The number of thiocarbonyl (C=S) groups is 1. The zero-order valence-corrected chi connectivity index (χ0v) is 16.1. The lowest BCUT2D eigenvalue weighted by Gasteiger charge is -2.11. The highest BCUT2D eigenvalue weighted by atomic mass is 32.1. The molecule has 27 heavy (non-hydrogen) atoms. The summed E-state index contributed by atoms with van der Waals surface area (Å²) in [5.41, 5.74) is 0.593. The van der Waals surface area contributed by atoms with Crippen LogP contribution >= 0.6 is 23.6 Å². The zero-order valence-electron chi connectivity index (χ0n) is 14.5. The van der Waals surface area contributed by atoms with Crippen molar-refractivity contribution in [2.45, 2.75) is 0 Å². The number of thiophene rings is 1. The van der Waals surface area contributed by atoms with E-state index in [9.17, 15) is 14.4 Å². The Morgan fingerprint density at radius 1 is 1.07 bits per heavy atom. The Hall–Kier alpha value is -3.04. The molecule has 1 amide bonds. The van der Waals surface area contributed by atoms with Crippen molar-refractivity contribution in [3.63, 3.8) is 0 Å². The maximum Gasteiger partial charge on any atom is 0.337 e. The number of ether oxygens (including phenoxy) is 2. The standard InChI is InChI=1S/C18H16N2O5S2/c1-24-16(22)11-8-12(17(23)25-2)10-13(9-11)19-18(26)20-15(21)6-5-14-4-3-7-27-14/h3-10H,1-2H3,(H2,19,20,21,26)/b6-5+. The van der Waals surface area contributed by atoms with E-state index in [1.165, 1.54) is 49.8 Å². The lowest BCUT2D eigenvalue weighted by Crippen LogP contribution is -2.33. The minimum absolute atomic E-state index is 0.00802. The molecule has 0 fully saturated rings. The van der Waals surface area contributed by atoms with Crippen molar-refractivity contribution in [2.75, 3.05) is 19.5 Å². The second-order valence-corrected chi connectivity index (χ2v) is 6.46. The number of carbonyl (C=O) groups is 3. The van der Waals surface area contributed by atoms with Crippen LogP contribution < -0.4 is 10.6 Å². The third-order valence-electron chi connectivity index (χ3n) is 3.21. The van der Waals surface area contributed by atoms with Crippen molar-refractivity contribution in [3.8, 4) is 0 Å². The van der Waals surface area contributed by atoms with Crippen LogP contribution in [0.2, 0.25) is 0 Å². The van der Waals surface area contributed by atoms with E-state index >= 15 is 0 Å². The number of hydrogen-bond acceptors (Lipinski definition) is 7. The van der Waals surface area contributed by atoms with Crippen LogP contribution in [0.15, 0.2) is 41.8 Å². The number of amides is 1. The highest BCUT2D eigenvalue weighted by Gasteiger charge is 2.14. The molecule has 0 spiro atoms. The topological polar surface area (TPSA) is 93.7 Å². The Balaban J connectivity index is 2.10. The average Bonchev–Trinajstić information content (AvgIpc) is 3.18. The molecule has 0 radical (unpaired) electrons. The van der Waals surface area contributed by atoms with E-state index in [-0.39, 0.29) is 16.2 Å². The third kappa shape index (κ3) is 6.01. The van der Waals surface area contributed by atoms with Gasteiger partial charge in [0.25, 0.3) is 0 Å². The fourth-order valence-corrected chi connectivity index (χ4v) is 2.87. The van der Waals surface area contributed by atoms with Crippen molar-refractivity contribution in [1.29, 1.82) is 0 Å². The monoisotopic (exact) mass is 404 g/mol. The molecule has 1 heterocycles. The van der Waals surface area contributed by atoms with E-state index in [2.05, 4.69) is 20.1 Å². The van der Waals surface area contributed by atoms with Crippen LogP contribution in [0.4, 0.5) is 5.69 Å². The van der Waals surface area contributed by atoms with Gasteiger partial charge in [-0.1, -0.05) is 6.07 Å². The first-order chi connectivity index (χ1) is 12.9. The summed E-state index contributed by atoms with van der Waals surface area (Å²) in [6, 6.07) is 7.98. The normalized spacial score (nSPS) is 10.3. The van der Waals surface area contributed by atoms with Gasteiger partial charge in [0, 0.05) is 16.6 Å². The molecule has 1 aromatic carbocycles. The highest BCUT2D eigenvalue weighted by molar-refractivity contribution is 7.80. The largest absolute Gasteiger partial charge is 0.465 e. The van der Waals surface area contributed by atoms with Gasteiger partial charge in [0.1, 0.15) is 0 Å². The second-order valence-electron chi connectivity index (χ2n) is 5.07. The fraction of sp³-hybridized carbons (Fsp3) is 0.111. The molecule has 0 bridgehead atoms. The summed E-state index contributed by atoms with van der Waals surface area (Å²) >= 11 is 6.59. The smallest absolute Gasteiger partial charge is 0.337 e. The van der Waals surface area contributed by atoms with E-state index in [4.69, 9.17) is 12.2 Å². The predicted molar refractivity (Wildman–Crippen MR) is 107 cm³/mol. The second kappa shape index (κ2) is 9.60. The van der Waals surface area contributed by atoms with Gasteiger partial charge in [-0.3, -0.25) is 10.1 Å². The highest BCUT2D eigenvalue weighted by Crippen LogP contribution is 2.17. The van der Waals surface area contributed by atoms with E-state index < -0.39 is 17.8 Å². The van der Waals surface area contributed by atoms with Crippen LogP contribution in [0.3, 0.4) is 0 Å². The van der Waals surface area contributed by atoms with Crippen LogP contribution in [-0.2, 0) is 14.3 Å². The van der Waals surface area contributed by atoms with Gasteiger partial charge in [-0.15, -0.1) is 11.3 Å². The summed E-state index contributed by atoms with van der Waals surface area (Å²) in [5.74, 6) is -1.67. The Morgan fingerprint density at radius 3 is 2.22 bits per heavy atom. The van der Waals surface area contributed by atoms with Crippen molar-refractivity contribution >= 4 is 58.3 Å². The SMILES string of the molecule is COC(=O)c1cc(NC(=S)NC(=O)/C=C/c2cccs2)cc(C(=O)OC)c1. The molecule has 140 valence electrons. The molecule has 0 saturated carbocycles. The number of benzene rings is 1. The number of carbonyl (C=O) groups excluding carboxylic acids is 3. The fourth-order valence-electron chi connectivity index (χ4n) is 2.03. The molecule has 2 N–H and O–H groups in total. The number of rotatable bonds is 5. The van der Waals surface area contributed by atoms with Crippen molar-refractivity contribution < 1.29 is 23.9 Å². The molecular formula is C18H16N2O5S2. The van der Waals surface area contributed by atoms with Gasteiger partial charge in [0.2, 0.25) is 5.91 Å². The summed E-state index contributed by atoms with van der Waals surface area (Å²) in [5, 5.41) is 7.15. The zero-order chi connectivity index (χ0) is 19.8. The molecule has 2 rings (SSSR count). The Labute approximate surface area is 165 Å². The predicted octanol–water partition coefficient (Wildman–Crippen LogP) is 2.85. The summed E-state index contributed by atoms with van der Waals surface area (Å²) in [7, 11) is 2.45. The molecule has 0 aliphatic rings. The molecule has 7 nitrogen and oxygen atoms in total. The molecule has 0 aliphatic heterocycles. The maximum atomic E-state index is 11.9. The number of anilines is 1. The van der Waals surface area contributed by atoms with Gasteiger partial charge in [-0.2, -0.15) is 0 Å². The lowest BCUT2D eigenvalue weighted by atomic mass is 10.1. The van der Waals surface area contributed by atoms with Gasteiger partial charge in [-0.25, -0.2) is 9.59 Å². The van der Waals surface area contributed by atoms with Gasteiger partial charge < -0.3 is 14.8 Å². The molecular weight excluding hydrogens is 388 g/mol. The van der Waals surface area contributed by atoms with Crippen LogP contribution in [0.25, 0.3) is 6.08 Å². The number of methoxy groups -OCH3 is 2. The molecule has 0 unspecified atom stereocenters. The maximum absolute atomic E-state index is 11.9. The quantitative estimate of drug-likeness (QED) is 0.450. The van der Waals surface area contributed by atoms with E-state index in [1.807, 2.05) is 17.5 Å². The first-order valence-electron chi connectivity index (χ1n) is 7.58. The van der Waals surface area contributed by atoms with Crippen LogP contribution in [-0.4, -0.2) is 37.2 Å². The third-order valence-corrected chi connectivity index (χ3v) is 4.25.